The zero-order valence-electron chi connectivity index (χ0n) is 12.7. The molecule has 0 aromatic carbocycles. The van der Waals surface area contributed by atoms with Crippen molar-refractivity contribution in [3.05, 3.63) is 34.9 Å². The molecule has 0 aliphatic carbocycles. The topological polar surface area (TPSA) is 91.8 Å². The molecule has 8 heteroatoms. The first-order chi connectivity index (χ1) is 9.85. The van der Waals surface area contributed by atoms with E-state index in [0.29, 0.717) is 6.54 Å². The maximum atomic E-state index is 12.3. The molecule has 0 unspecified atom stereocenters. The van der Waals surface area contributed by atoms with Crippen LogP contribution in [0.5, 0.6) is 0 Å². The van der Waals surface area contributed by atoms with E-state index in [1.807, 2.05) is 20.9 Å². The van der Waals surface area contributed by atoms with E-state index >= 15 is 0 Å². The predicted molar refractivity (Wildman–Crippen MR) is 80.3 cm³/mol. The highest BCUT2D eigenvalue weighted by molar-refractivity contribution is 7.89. The number of aromatic amines is 1. The molecule has 0 radical (unpaired) electrons. The third kappa shape index (κ3) is 3.34. The van der Waals surface area contributed by atoms with Gasteiger partial charge in [-0.25, -0.2) is 13.1 Å². The van der Waals surface area contributed by atoms with Crippen LogP contribution in [0.1, 0.15) is 22.6 Å². The van der Waals surface area contributed by atoms with Gasteiger partial charge >= 0.3 is 0 Å². The van der Waals surface area contributed by atoms with Crippen molar-refractivity contribution in [3.8, 4) is 0 Å². The first kappa shape index (κ1) is 15.7. The summed E-state index contributed by atoms with van der Waals surface area (Å²) in [6, 6.07) is 1.63. The zero-order chi connectivity index (χ0) is 15.6. The summed E-state index contributed by atoms with van der Waals surface area (Å²) in [7, 11) is 0.124. The number of nitrogens with one attached hydrogen (secondary N) is 3. The van der Waals surface area contributed by atoms with E-state index in [4.69, 9.17) is 0 Å². The van der Waals surface area contributed by atoms with Crippen LogP contribution in [0, 0.1) is 13.8 Å². The fourth-order valence-electron chi connectivity index (χ4n) is 2.19. The minimum atomic E-state index is -3.53. The van der Waals surface area contributed by atoms with Crippen LogP contribution < -0.4 is 10.0 Å². The molecule has 0 saturated heterocycles. The van der Waals surface area contributed by atoms with Gasteiger partial charge in [0.2, 0.25) is 10.0 Å². The second-order valence-corrected chi connectivity index (χ2v) is 6.76. The molecule has 116 valence electrons. The van der Waals surface area contributed by atoms with Gasteiger partial charge in [0.15, 0.2) is 0 Å². The number of aryl methyl sites for hydroxylation is 2. The van der Waals surface area contributed by atoms with Crippen LogP contribution in [-0.2, 0) is 30.2 Å². The Kier molecular flexibility index (Phi) is 4.50. The van der Waals surface area contributed by atoms with Gasteiger partial charge in [-0.1, -0.05) is 0 Å². The number of sulfonamides is 1. The van der Waals surface area contributed by atoms with E-state index in [9.17, 15) is 8.42 Å². The van der Waals surface area contributed by atoms with Gasteiger partial charge in [-0.05, 0) is 27.0 Å². The van der Waals surface area contributed by atoms with Crippen molar-refractivity contribution in [2.45, 2.75) is 31.8 Å². The average Bonchev–Trinajstić information content (AvgIpc) is 2.96. The molecule has 0 bridgehead atoms. The number of hydrogen-bond donors (Lipinski definition) is 3. The molecule has 21 heavy (non-hydrogen) atoms. The molecule has 0 spiro atoms. The summed E-state index contributed by atoms with van der Waals surface area (Å²) in [5, 5.41) is 7.25. The smallest absolute Gasteiger partial charge is 0.242 e. The molecule has 0 aliphatic heterocycles. The van der Waals surface area contributed by atoms with Gasteiger partial charge in [0.25, 0.3) is 0 Å². The second-order valence-electron chi connectivity index (χ2n) is 4.99. The number of rotatable bonds is 6. The van der Waals surface area contributed by atoms with Gasteiger partial charge in [0.05, 0.1) is 10.6 Å². The summed E-state index contributed by atoms with van der Waals surface area (Å²) in [5.41, 5.74) is 3.53. The van der Waals surface area contributed by atoms with Crippen LogP contribution >= 0.6 is 0 Å². The average molecular weight is 311 g/mol. The van der Waals surface area contributed by atoms with E-state index in [0.717, 1.165) is 22.6 Å². The largest absolute Gasteiger partial charge is 0.363 e. The molecule has 2 aromatic heterocycles. The summed E-state index contributed by atoms with van der Waals surface area (Å²) >= 11 is 0. The number of aromatic nitrogens is 3. The fourth-order valence-corrected chi connectivity index (χ4v) is 3.20. The van der Waals surface area contributed by atoms with E-state index in [1.54, 1.807) is 17.8 Å². The molecule has 3 N–H and O–H groups in total. The van der Waals surface area contributed by atoms with Crippen LogP contribution in [0.3, 0.4) is 0 Å². The van der Waals surface area contributed by atoms with E-state index in [1.165, 1.54) is 6.20 Å². The lowest BCUT2D eigenvalue weighted by molar-refractivity contribution is 0.581. The predicted octanol–water partition coefficient (Wildman–Crippen LogP) is 0.563. The van der Waals surface area contributed by atoms with Crippen molar-refractivity contribution >= 4 is 10.0 Å². The van der Waals surface area contributed by atoms with Gasteiger partial charge in [-0.2, -0.15) is 5.10 Å². The Morgan fingerprint density at radius 1 is 1.33 bits per heavy atom. The van der Waals surface area contributed by atoms with Crippen LogP contribution in [0.15, 0.2) is 17.2 Å². The number of hydrogen-bond acceptors (Lipinski definition) is 4. The monoisotopic (exact) mass is 311 g/mol. The minimum absolute atomic E-state index is 0.236. The highest BCUT2D eigenvalue weighted by Crippen LogP contribution is 2.14. The fraction of sp³-hybridized carbons (Fsp3) is 0.462. The molecule has 0 aliphatic rings. The van der Waals surface area contributed by atoms with Gasteiger partial charge in [-0.15, -0.1) is 0 Å². The van der Waals surface area contributed by atoms with Crippen LogP contribution in [-0.4, -0.2) is 30.2 Å². The first-order valence-electron chi connectivity index (χ1n) is 6.65. The lowest BCUT2D eigenvalue weighted by Crippen LogP contribution is -2.23. The van der Waals surface area contributed by atoms with Gasteiger partial charge in [0.1, 0.15) is 0 Å². The second kappa shape index (κ2) is 6.00. The Balaban J connectivity index is 2.13. The quantitative estimate of drug-likeness (QED) is 0.727. The maximum absolute atomic E-state index is 12.3. The zero-order valence-corrected chi connectivity index (χ0v) is 13.5. The molecule has 0 atom stereocenters. The first-order valence-corrected chi connectivity index (χ1v) is 8.14. The molecule has 0 amide bonds. The normalized spacial score (nSPS) is 12.0. The molecule has 2 aromatic rings. The summed E-state index contributed by atoms with van der Waals surface area (Å²) in [6.07, 6.45) is 1.50. The van der Waals surface area contributed by atoms with Gasteiger partial charge in [-0.3, -0.25) is 4.68 Å². The number of H-pyrrole nitrogens is 1. The van der Waals surface area contributed by atoms with Crippen molar-refractivity contribution in [1.82, 2.24) is 24.8 Å². The Hall–Kier alpha value is -1.64. The van der Waals surface area contributed by atoms with Crippen LogP contribution in [0.25, 0.3) is 0 Å². The van der Waals surface area contributed by atoms with Crippen molar-refractivity contribution in [1.29, 1.82) is 0 Å². The minimum Gasteiger partial charge on any atom is -0.363 e. The Bertz CT molecular complexity index is 730. The highest BCUT2D eigenvalue weighted by atomic mass is 32.2. The molecule has 0 fully saturated rings. The summed E-state index contributed by atoms with van der Waals surface area (Å²) in [4.78, 5) is 3.18. The van der Waals surface area contributed by atoms with Crippen molar-refractivity contribution < 1.29 is 8.42 Å². The maximum Gasteiger partial charge on any atom is 0.242 e. The third-order valence-corrected chi connectivity index (χ3v) is 4.87. The number of nitrogens with zero attached hydrogens (tertiary/aromatic N) is 2. The lowest BCUT2D eigenvalue weighted by atomic mass is 10.2. The summed E-state index contributed by atoms with van der Waals surface area (Å²) < 4.78 is 28.9. The van der Waals surface area contributed by atoms with E-state index in [-0.39, 0.29) is 11.4 Å². The van der Waals surface area contributed by atoms with Crippen LogP contribution in [0.4, 0.5) is 0 Å². The Labute approximate surface area is 124 Å². The molecule has 0 saturated carbocycles. The van der Waals surface area contributed by atoms with Gasteiger partial charge < -0.3 is 10.3 Å². The third-order valence-electron chi connectivity index (χ3n) is 3.49. The van der Waals surface area contributed by atoms with Gasteiger partial charge in [0, 0.05) is 43.3 Å². The van der Waals surface area contributed by atoms with Crippen LogP contribution in [0.2, 0.25) is 0 Å². The molecular formula is C13H21N5O2S. The Morgan fingerprint density at radius 3 is 2.62 bits per heavy atom. The summed E-state index contributed by atoms with van der Waals surface area (Å²) in [6.45, 7) is 4.62. The highest BCUT2D eigenvalue weighted by Gasteiger charge is 2.18. The lowest BCUT2D eigenvalue weighted by Gasteiger charge is -2.05. The summed E-state index contributed by atoms with van der Waals surface area (Å²) in [5.74, 6) is 0. The molecule has 7 nitrogen and oxygen atoms in total. The molecule has 2 heterocycles. The molecular weight excluding hydrogens is 290 g/mol. The van der Waals surface area contributed by atoms with E-state index in [2.05, 4.69) is 20.1 Å². The Morgan fingerprint density at radius 2 is 2.05 bits per heavy atom. The van der Waals surface area contributed by atoms with E-state index < -0.39 is 10.0 Å². The van der Waals surface area contributed by atoms with Crippen molar-refractivity contribution in [2.24, 2.45) is 7.05 Å². The SMILES string of the molecule is CNCc1cc(S(=O)(=O)NCc2c(C)nn(C)c2C)c[nH]1. The van der Waals surface area contributed by atoms with Crippen molar-refractivity contribution in [2.75, 3.05) is 7.05 Å². The van der Waals surface area contributed by atoms with Crippen molar-refractivity contribution in [3.63, 3.8) is 0 Å². The standard InChI is InChI=1S/C13H21N5O2S/c1-9-13(10(2)18(4)17-9)8-16-21(19,20)12-5-11(6-14-3)15-7-12/h5,7,14-16H,6,8H2,1-4H3. The molecule has 2 rings (SSSR count).